The highest BCUT2D eigenvalue weighted by Gasteiger charge is 2.28. The van der Waals surface area contributed by atoms with E-state index in [-0.39, 0.29) is 5.78 Å². The van der Waals surface area contributed by atoms with Crippen LogP contribution in [0.5, 0.6) is 0 Å². The van der Waals surface area contributed by atoms with E-state index in [1.807, 2.05) is 39.8 Å². The number of Topliss-reactive ketones (excluding diaryl/α,β-unsaturated/α-hetero) is 1. The Balaban J connectivity index is 3.04. The fourth-order valence-electron chi connectivity index (χ4n) is 2.07. The van der Waals surface area contributed by atoms with Crippen LogP contribution in [0, 0.1) is 13.8 Å². The molecule has 1 atom stereocenters. The Labute approximate surface area is 97.9 Å². The van der Waals surface area contributed by atoms with Gasteiger partial charge in [0.25, 0.3) is 0 Å². The van der Waals surface area contributed by atoms with E-state index in [2.05, 4.69) is 6.07 Å². The van der Waals surface area contributed by atoms with Crippen molar-refractivity contribution in [3.05, 3.63) is 34.9 Å². The second kappa shape index (κ2) is 4.79. The number of rotatable bonds is 4. The highest BCUT2D eigenvalue weighted by Crippen LogP contribution is 2.18. The lowest BCUT2D eigenvalue weighted by atomic mass is 9.87. The molecular weight excluding hydrogens is 198 g/mol. The van der Waals surface area contributed by atoms with Crippen LogP contribution in [0.4, 0.5) is 0 Å². The third-order valence-electron chi connectivity index (χ3n) is 2.77. The zero-order chi connectivity index (χ0) is 12.3. The average molecular weight is 219 g/mol. The molecule has 2 nitrogen and oxygen atoms in total. The van der Waals surface area contributed by atoms with Gasteiger partial charge in [-0.3, -0.25) is 4.79 Å². The molecule has 0 fully saturated rings. The molecule has 0 saturated heterocycles. The number of carbonyl (C=O) groups excluding carboxylic acids is 1. The van der Waals surface area contributed by atoms with Crippen molar-refractivity contribution in [3.8, 4) is 0 Å². The maximum Gasteiger partial charge on any atom is 0.182 e. The van der Waals surface area contributed by atoms with Crippen LogP contribution in [-0.4, -0.2) is 11.3 Å². The van der Waals surface area contributed by atoms with Crippen molar-refractivity contribution in [2.75, 3.05) is 0 Å². The SMILES string of the molecule is CCCC(C)(N)C(=O)c1cc(C)cc(C)c1. The predicted molar refractivity (Wildman–Crippen MR) is 67.7 cm³/mol. The summed E-state index contributed by atoms with van der Waals surface area (Å²) in [5, 5.41) is 0. The first-order chi connectivity index (χ1) is 7.36. The molecule has 1 rings (SSSR count). The zero-order valence-corrected chi connectivity index (χ0v) is 10.6. The maximum atomic E-state index is 12.2. The van der Waals surface area contributed by atoms with Gasteiger partial charge in [0.15, 0.2) is 5.78 Å². The Hall–Kier alpha value is -1.15. The van der Waals surface area contributed by atoms with Gasteiger partial charge < -0.3 is 5.73 Å². The first kappa shape index (κ1) is 12.9. The summed E-state index contributed by atoms with van der Waals surface area (Å²) in [5.41, 5.74) is 8.26. The van der Waals surface area contributed by atoms with Crippen molar-refractivity contribution >= 4 is 5.78 Å². The predicted octanol–water partition coefficient (Wildman–Crippen LogP) is 3.00. The van der Waals surface area contributed by atoms with Crippen molar-refractivity contribution in [2.45, 2.75) is 46.1 Å². The topological polar surface area (TPSA) is 43.1 Å². The van der Waals surface area contributed by atoms with Gasteiger partial charge in [-0.2, -0.15) is 0 Å². The fourth-order valence-corrected chi connectivity index (χ4v) is 2.07. The molecular formula is C14H21NO. The molecule has 88 valence electrons. The van der Waals surface area contributed by atoms with E-state index < -0.39 is 5.54 Å². The van der Waals surface area contributed by atoms with Gasteiger partial charge in [0.1, 0.15) is 0 Å². The summed E-state index contributed by atoms with van der Waals surface area (Å²) in [6, 6.07) is 5.89. The van der Waals surface area contributed by atoms with Gasteiger partial charge in [0.05, 0.1) is 5.54 Å². The standard InChI is InChI=1S/C14H21NO/c1-5-6-14(4,15)13(16)12-8-10(2)7-11(3)9-12/h7-9H,5-6,15H2,1-4H3. The lowest BCUT2D eigenvalue weighted by Crippen LogP contribution is -2.44. The Morgan fingerprint density at radius 2 is 1.75 bits per heavy atom. The molecule has 1 aromatic carbocycles. The summed E-state index contributed by atoms with van der Waals surface area (Å²) in [6.45, 7) is 7.85. The highest BCUT2D eigenvalue weighted by molar-refractivity contribution is 6.03. The van der Waals surface area contributed by atoms with Gasteiger partial charge in [-0.1, -0.05) is 30.5 Å². The number of hydrogen-bond donors (Lipinski definition) is 1. The second-order valence-electron chi connectivity index (χ2n) is 4.87. The molecule has 0 bridgehead atoms. The van der Waals surface area contributed by atoms with Crippen molar-refractivity contribution in [1.29, 1.82) is 0 Å². The molecule has 1 aromatic rings. The number of benzene rings is 1. The summed E-state index contributed by atoms with van der Waals surface area (Å²) in [6.07, 6.45) is 1.64. The number of ketones is 1. The second-order valence-corrected chi connectivity index (χ2v) is 4.87. The molecule has 0 aliphatic rings. The molecule has 0 aliphatic heterocycles. The van der Waals surface area contributed by atoms with E-state index in [1.54, 1.807) is 0 Å². The molecule has 16 heavy (non-hydrogen) atoms. The van der Waals surface area contributed by atoms with E-state index in [9.17, 15) is 4.79 Å². The third kappa shape index (κ3) is 2.92. The number of carbonyl (C=O) groups is 1. The molecule has 0 spiro atoms. The molecule has 0 heterocycles. The minimum atomic E-state index is -0.741. The summed E-state index contributed by atoms with van der Waals surface area (Å²) >= 11 is 0. The first-order valence-corrected chi connectivity index (χ1v) is 5.79. The van der Waals surface area contributed by atoms with Gasteiger partial charge in [0, 0.05) is 5.56 Å². The van der Waals surface area contributed by atoms with Gasteiger partial charge in [-0.15, -0.1) is 0 Å². The smallest absolute Gasteiger partial charge is 0.182 e. The average Bonchev–Trinajstić information content (AvgIpc) is 2.14. The minimum absolute atomic E-state index is 0.0427. The van der Waals surface area contributed by atoms with Gasteiger partial charge in [-0.05, 0) is 39.3 Å². The maximum absolute atomic E-state index is 12.2. The van der Waals surface area contributed by atoms with E-state index in [4.69, 9.17) is 5.73 Å². The summed E-state index contributed by atoms with van der Waals surface area (Å²) < 4.78 is 0. The fraction of sp³-hybridized carbons (Fsp3) is 0.500. The first-order valence-electron chi connectivity index (χ1n) is 5.79. The quantitative estimate of drug-likeness (QED) is 0.791. The van der Waals surface area contributed by atoms with Crippen LogP contribution in [0.3, 0.4) is 0 Å². The van der Waals surface area contributed by atoms with Crippen molar-refractivity contribution < 1.29 is 4.79 Å². The normalized spacial score (nSPS) is 14.6. The lowest BCUT2D eigenvalue weighted by molar-refractivity contribution is 0.0893. The van der Waals surface area contributed by atoms with E-state index in [0.717, 1.165) is 29.5 Å². The van der Waals surface area contributed by atoms with Crippen LogP contribution in [0.1, 0.15) is 48.2 Å². The van der Waals surface area contributed by atoms with Gasteiger partial charge >= 0.3 is 0 Å². The van der Waals surface area contributed by atoms with Crippen molar-refractivity contribution in [3.63, 3.8) is 0 Å². The Morgan fingerprint density at radius 3 is 2.19 bits per heavy atom. The van der Waals surface area contributed by atoms with E-state index >= 15 is 0 Å². The van der Waals surface area contributed by atoms with Crippen LogP contribution in [0.2, 0.25) is 0 Å². The van der Waals surface area contributed by atoms with Gasteiger partial charge in [0.2, 0.25) is 0 Å². The van der Waals surface area contributed by atoms with Crippen LogP contribution >= 0.6 is 0 Å². The third-order valence-corrected chi connectivity index (χ3v) is 2.77. The largest absolute Gasteiger partial charge is 0.319 e. The molecule has 0 radical (unpaired) electrons. The molecule has 0 aromatic heterocycles. The number of nitrogens with two attached hydrogens (primary N) is 1. The lowest BCUT2D eigenvalue weighted by Gasteiger charge is -2.22. The van der Waals surface area contributed by atoms with Crippen LogP contribution in [0.15, 0.2) is 18.2 Å². The van der Waals surface area contributed by atoms with Crippen LogP contribution in [0.25, 0.3) is 0 Å². The highest BCUT2D eigenvalue weighted by atomic mass is 16.1. The van der Waals surface area contributed by atoms with Crippen LogP contribution in [-0.2, 0) is 0 Å². The number of hydrogen-bond acceptors (Lipinski definition) is 2. The zero-order valence-electron chi connectivity index (χ0n) is 10.6. The Kier molecular flexibility index (Phi) is 3.87. The molecule has 2 N–H and O–H groups in total. The van der Waals surface area contributed by atoms with E-state index in [0.29, 0.717) is 0 Å². The Bertz CT molecular complexity index is 373. The van der Waals surface area contributed by atoms with Crippen LogP contribution < -0.4 is 5.73 Å². The van der Waals surface area contributed by atoms with E-state index in [1.165, 1.54) is 0 Å². The molecule has 0 saturated carbocycles. The summed E-state index contributed by atoms with van der Waals surface area (Å²) in [5.74, 6) is 0.0427. The Morgan fingerprint density at radius 1 is 1.25 bits per heavy atom. The molecule has 0 amide bonds. The summed E-state index contributed by atoms with van der Waals surface area (Å²) in [4.78, 5) is 12.2. The monoisotopic (exact) mass is 219 g/mol. The minimum Gasteiger partial charge on any atom is -0.319 e. The van der Waals surface area contributed by atoms with Gasteiger partial charge in [-0.25, -0.2) is 0 Å². The summed E-state index contributed by atoms with van der Waals surface area (Å²) in [7, 11) is 0. The molecule has 0 aliphatic carbocycles. The number of aryl methyl sites for hydroxylation is 2. The molecule has 2 heteroatoms. The molecule has 1 unspecified atom stereocenters. The van der Waals surface area contributed by atoms with Crippen molar-refractivity contribution in [2.24, 2.45) is 5.73 Å². The van der Waals surface area contributed by atoms with Crippen molar-refractivity contribution in [1.82, 2.24) is 0 Å².